The number of thioether (sulfide) groups is 1. The number of carbonyl (C=O) groups excluding carboxylic acids is 2. The molecule has 3 rings (SSSR count). The number of carboxylic acid groups (broad SMARTS) is 1. The summed E-state index contributed by atoms with van der Waals surface area (Å²) in [6.45, 7) is 3.56. The molecule has 0 aromatic heterocycles. The van der Waals surface area contributed by atoms with E-state index >= 15 is 0 Å². The molecular weight excluding hydrogens is 360 g/mol. The van der Waals surface area contributed by atoms with E-state index in [0.29, 0.717) is 11.5 Å². The van der Waals surface area contributed by atoms with Crippen LogP contribution in [0, 0.1) is 0 Å². The van der Waals surface area contributed by atoms with Gasteiger partial charge in [-0.2, -0.15) is 0 Å². The van der Waals surface area contributed by atoms with Crippen LogP contribution in [-0.4, -0.2) is 64.2 Å². The lowest BCUT2D eigenvalue weighted by atomic mass is 9.96. The molecule has 2 aliphatic heterocycles. The Hall–Kier alpha value is -2.42. The van der Waals surface area contributed by atoms with E-state index in [2.05, 4.69) is 5.32 Å². The Morgan fingerprint density at radius 2 is 1.81 bits per heavy atom. The van der Waals surface area contributed by atoms with Crippen molar-refractivity contribution >= 4 is 29.5 Å². The molecule has 0 saturated carbocycles. The molecule has 2 amide bonds. The summed E-state index contributed by atoms with van der Waals surface area (Å²) < 4.78 is 9.79. The summed E-state index contributed by atoms with van der Waals surface area (Å²) in [5.74, 6) is -1.30. The quantitative estimate of drug-likeness (QED) is 0.733. The van der Waals surface area contributed by atoms with Gasteiger partial charge in [0.25, 0.3) is 5.91 Å². The second-order valence-corrected chi connectivity index (χ2v) is 8.36. The van der Waals surface area contributed by atoms with Crippen LogP contribution in [-0.2, 0) is 9.59 Å². The molecule has 0 aliphatic carbocycles. The molecule has 2 N–H and O–H groups in total. The summed E-state index contributed by atoms with van der Waals surface area (Å²) in [7, 11) is 2.88. The third kappa shape index (κ3) is 2.66. The first-order valence-electron chi connectivity index (χ1n) is 7.97. The van der Waals surface area contributed by atoms with Crippen molar-refractivity contribution in [1.29, 1.82) is 0 Å². The van der Waals surface area contributed by atoms with Crippen LogP contribution in [0.5, 0.6) is 11.5 Å². The monoisotopic (exact) mass is 380 g/mol. The van der Waals surface area contributed by atoms with E-state index in [1.807, 2.05) is 0 Å². The topological polar surface area (TPSA) is 105 Å². The van der Waals surface area contributed by atoms with Gasteiger partial charge in [0.1, 0.15) is 34.5 Å². The molecule has 2 saturated heterocycles. The van der Waals surface area contributed by atoms with Crippen LogP contribution in [0.25, 0.3) is 0 Å². The van der Waals surface area contributed by atoms with E-state index in [0.717, 1.165) is 0 Å². The van der Waals surface area contributed by atoms with E-state index in [1.165, 1.54) is 30.9 Å². The predicted octanol–water partition coefficient (Wildman–Crippen LogP) is 0.949. The number of rotatable bonds is 5. The molecule has 0 radical (unpaired) electrons. The van der Waals surface area contributed by atoms with Gasteiger partial charge in [-0.25, -0.2) is 4.79 Å². The zero-order valence-corrected chi connectivity index (χ0v) is 15.6. The van der Waals surface area contributed by atoms with E-state index in [9.17, 15) is 19.5 Å². The van der Waals surface area contributed by atoms with Gasteiger partial charge in [0.2, 0.25) is 5.91 Å². The van der Waals surface area contributed by atoms with Crippen molar-refractivity contribution in [1.82, 2.24) is 10.2 Å². The Labute approximate surface area is 154 Å². The number of benzene rings is 1. The van der Waals surface area contributed by atoms with Gasteiger partial charge >= 0.3 is 5.97 Å². The number of methoxy groups -OCH3 is 2. The van der Waals surface area contributed by atoms with Gasteiger partial charge in [0.15, 0.2) is 0 Å². The first kappa shape index (κ1) is 18.4. The molecular formula is C17H20N2O6S. The minimum Gasteiger partial charge on any atom is -0.496 e. The van der Waals surface area contributed by atoms with Crippen LogP contribution in [0.3, 0.4) is 0 Å². The molecule has 9 heteroatoms. The van der Waals surface area contributed by atoms with Crippen molar-refractivity contribution in [3.63, 3.8) is 0 Å². The van der Waals surface area contributed by atoms with Crippen molar-refractivity contribution in [2.24, 2.45) is 0 Å². The number of carbonyl (C=O) groups is 3. The van der Waals surface area contributed by atoms with Crippen LogP contribution >= 0.6 is 11.8 Å². The highest BCUT2D eigenvalue weighted by Crippen LogP contribution is 2.50. The molecule has 8 nitrogen and oxygen atoms in total. The number of nitrogens with one attached hydrogen (secondary N) is 1. The van der Waals surface area contributed by atoms with Crippen LogP contribution in [0.15, 0.2) is 18.2 Å². The molecule has 1 aromatic carbocycles. The number of nitrogens with zero attached hydrogens (tertiary/aromatic N) is 1. The Bertz CT molecular complexity index is 758. The molecule has 0 spiro atoms. The summed E-state index contributed by atoms with van der Waals surface area (Å²) in [6, 6.07) is 3.24. The molecule has 26 heavy (non-hydrogen) atoms. The Morgan fingerprint density at radius 1 is 1.23 bits per heavy atom. The number of β-lactam (4-membered cyclic amide) rings is 1. The number of amides is 2. The third-order valence-electron chi connectivity index (χ3n) is 4.62. The smallest absolute Gasteiger partial charge is 0.327 e. The predicted molar refractivity (Wildman–Crippen MR) is 94.5 cm³/mol. The van der Waals surface area contributed by atoms with E-state index in [4.69, 9.17) is 9.47 Å². The fourth-order valence-corrected chi connectivity index (χ4v) is 5.06. The maximum Gasteiger partial charge on any atom is 0.327 e. The zero-order chi connectivity index (χ0) is 19.2. The summed E-state index contributed by atoms with van der Waals surface area (Å²) >= 11 is 1.37. The number of aliphatic carboxylic acids is 1. The number of hydrogen-bond acceptors (Lipinski definition) is 6. The molecule has 140 valence electrons. The van der Waals surface area contributed by atoms with Crippen LogP contribution < -0.4 is 14.8 Å². The molecule has 3 atom stereocenters. The lowest BCUT2D eigenvalue weighted by Gasteiger charge is -2.43. The second kappa shape index (κ2) is 6.39. The summed E-state index contributed by atoms with van der Waals surface area (Å²) in [5, 5.41) is 11.7. The summed E-state index contributed by atoms with van der Waals surface area (Å²) in [6.07, 6.45) is 0. The highest BCUT2D eigenvalue weighted by Gasteiger charge is 2.64. The fourth-order valence-electron chi connectivity index (χ4n) is 3.43. The maximum atomic E-state index is 12.8. The summed E-state index contributed by atoms with van der Waals surface area (Å²) in [4.78, 5) is 38.1. The van der Waals surface area contributed by atoms with Crippen molar-refractivity contribution < 1.29 is 29.0 Å². The molecule has 2 heterocycles. The number of carboxylic acids is 1. The zero-order valence-electron chi connectivity index (χ0n) is 14.8. The Morgan fingerprint density at radius 3 is 2.31 bits per heavy atom. The Balaban J connectivity index is 1.83. The minimum absolute atomic E-state index is 0.195. The Kier molecular flexibility index (Phi) is 4.51. The van der Waals surface area contributed by atoms with Crippen LogP contribution in [0.1, 0.15) is 24.2 Å². The van der Waals surface area contributed by atoms with Crippen molar-refractivity contribution in [2.45, 2.75) is 36.1 Å². The van der Waals surface area contributed by atoms with Crippen molar-refractivity contribution in [3.8, 4) is 11.5 Å². The van der Waals surface area contributed by atoms with Gasteiger partial charge in [-0.3, -0.25) is 9.59 Å². The first-order chi connectivity index (χ1) is 12.2. The van der Waals surface area contributed by atoms with E-state index < -0.39 is 40.0 Å². The van der Waals surface area contributed by atoms with Gasteiger partial charge in [-0.05, 0) is 26.0 Å². The van der Waals surface area contributed by atoms with Crippen molar-refractivity contribution in [2.75, 3.05) is 14.2 Å². The van der Waals surface area contributed by atoms with Gasteiger partial charge in [0, 0.05) is 4.75 Å². The van der Waals surface area contributed by atoms with Crippen LogP contribution in [0.2, 0.25) is 0 Å². The standard InChI is InChI=1S/C17H20N2O6S/c1-17(2)12(16(22)23)19-14(21)11(15(19)26-17)18-13(20)10-8(24-3)6-5-7-9(10)25-4/h5-7,11-12,15H,1-4H3,(H,18,20)(H,22,23)/t11-,12-,15+/m0/s1. The van der Waals surface area contributed by atoms with Crippen molar-refractivity contribution in [3.05, 3.63) is 23.8 Å². The van der Waals surface area contributed by atoms with Gasteiger partial charge < -0.3 is 24.8 Å². The van der Waals surface area contributed by atoms with Crippen LogP contribution in [0.4, 0.5) is 0 Å². The lowest BCUT2D eigenvalue weighted by Crippen LogP contribution is -2.70. The molecule has 0 unspecified atom stereocenters. The average Bonchev–Trinajstić information content (AvgIpc) is 2.86. The number of hydrogen-bond donors (Lipinski definition) is 2. The SMILES string of the molecule is COc1cccc(OC)c1C(=O)N[C@H]1C(=O)N2[C@@H]1SC(C)(C)[C@@H]2C(=O)O. The van der Waals surface area contributed by atoms with Gasteiger partial charge in [-0.15, -0.1) is 11.8 Å². The largest absolute Gasteiger partial charge is 0.496 e. The summed E-state index contributed by atoms with van der Waals surface area (Å²) in [5.41, 5.74) is 0.195. The van der Waals surface area contributed by atoms with E-state index in [1.54, 1.807) is 32.0 Å². The minimum atomic E-state index is -1.05. The molecule has 1 aromatic rings. The van der Waals surface area contributed by atoms with Gasteiger partial charge in [-0.1, -0.05) is 6.07 Å². The molecule has 0 bridgehead atoms. The average molecular weight is 380 g/mol. The highest BCUT2D eigenvalue weighted by atomic mass is 32.2. The number of ether oxygens (including phenoxy) is 2. The lowest BCUT2D eigenvalue weighted by molar-refractivity contribution is -0.159. The molecule has 2 fully saturated rings. The van der Waals surface area contributed by atoms with Gasteiger partial charge in [0.05, 0.1) is 14.2 Å². The molecule has 2 aliphatic rings. The van der Waals surface area contributed by atoms with E-state index in [-0.39, 0.29) is 5.56 Å². The third-order valence-corrected chi connectivity index (χ3v) is 6.19. The maximum absolute atomic E-state index is 12.8. The second-order valence-electron chi connectivity index (χ2n) is 6.59. The first-order valence-corrected chi connectivity index (χ1v) is 8.85. The normalized spacial score (nSPS) is 25.9. The number of fused-ring (bicyclic) bond motifs is 1. The highest BCUT2D eigenvalue weighted by molar-refractivity contribution is 8.01. The fraction of sp³-hybridized carbons (Fsp3) is 0.471.